The van der Waals surface area contributed by atoms with Gasteiger partial charge in [0.25, 0.3) is 0 Å². The molecule has 0 amide bonds. The van der Waals surface area contributed by atoms with Crippen LogP contribution in [0, 0.1) is 6.92 Å². The standard InChI is InChI=1S/C14H23NO/c1-10(2)12-6-5-11(3)14(7-12)13(9-16)8-15-4/h5-7,10,13,15-16H,8-9H2,1-4H3. The van der Waals surface area contributed by atoms with Gasteiger partial charge < -0.3 is 10.4 Å². The minimum absolute atomic E-state index is 0.198. The van der Waals surface area contributed by atoms with E-state index in [1.54, 1.807) is 0 Å². The van der Waals surface area contributed by atoms with Crippen LogP contribution in [0.25, 0.3) is 0 Å². The largest absolute Gasteiger partial charge is 0.396 e. The van der Waals surface area contributed by atoms with Gasteiger partial charge in [-0.25, -0.2) is 0 Å². The first-order valence-electron chi connectivity index (χ1n) is 5.96. The fourth-order valence-corrected chi connectivity index (χ4v) is 1.98. The Morgan fingerprint density at radius 3 is 2.50 bits per heavy atom. The van der Waals surface area contributed by atoms with Crippen molar-refractivity contribution in [2.24, 2.45) is 0 Å². The Kier molecular flexibility index (Phi) is 4.97. The zero-order chi connectivity index (χ0) is 12.1. The Balaban J connectivity index is 3.04. The summed E-state index contributed by atoms with van der Waals surface area (Å²) in [4.78, 5) is 0. The lowest BCUT2D eigenvalue weighted by atomic mass is 9.90. The highest BCUT2D eigenvalue weighted by molar-refractivity contribution is 5.35. The second kappa shape index (κ2) is 6.02. The van der Waals surface area contributed by atoms with Crippen LogP contribution in [0.5, 0.6) is 0 Å². The van der Waals surface area contributed by atoms with E-state index in [1.807, 2.05) is 7.05 Å². The second-order valence-electron chi connectivity index (χ2n) is 4.71. The van der Waals surface area contributed by atoms with Gasteiger partial charge >= 0.3 is 0 Å². The van der Waals surface area contributed by atoms with Crippen molar-refractivity contribution in [3.8, 4) is 0 Å². The molecule has 0 aromatic heterocycles. The maximum absolute atomic E-state index is 9.42. The van der Waals surface area contributed by atoms with Gasteiger partial charge in [0.1, 0.15) is 0 Å². The van der Waals surface area contributed by atoms with Gasteiger partial charge in [-0.2, -0.15) is 0 Å². The van der Waals surface area contributed by atoms with Crippen molar-refractivity contribution in [2.75, 3.05) is 20.2 Å². The monoisotopic (exact) mass is 221 g/mol. The first kappa shape index (κ1) is 13.2. The van der Waals surface area contributed by atoms with E-state index in [2.05, 4.69) is 44.3 Å². The van der Waals surface area contributed by atoms with Gasteiger partial charge in [-0.05, 0) is 36.6 Å². The van der Waals surface area contributed by atoms with Crippen molar-refractivity contribution in [3.63, 3.8) is 0 Å². The lowest BCUT2D eigenvalue weighted by molar-refractivity contribution is 0.263. The zero-order valence-corrected chi connectivity index (χ0v) is 10.7. The zero-order valence-electron chi connectivity index (χ0n) is 10.7. The first-order chi connectivity index (χ1) is 7.60. The summed E-state index contributed by atoms with van der Waals surface area (Å²) < 4.78 is 0. The van der Waals surface area contributed by atoms with Crippen LogP contribution in [-0.4, -0.2) is 25.3 Å². The predicted molar refractivity (Wildman–Crippen MR) is 69.0 cm³/mol. The number of aliphatic hydroxyl groups excluding tert-OH is 1. The molecule has 1 aromatic carbocycles. The highest BCUT2D eigenvalue weighted by Gasteiger charge is 2.13. The molecule has 0 aliphatic rings. The topological polar surface area (TPSA) is 32.3 Å². The van der Waals surface area contributed by atoms with Crippen LogP contribution >= 0.6 is 0 Å². The smallest absolute Gasteiger partial charge is 0.0512 e. The summed E-state index contributed by atoms with van der Waals surface area (Å²) in [5.74, 6) is 0.733. The summed E-state index contributed by atoms with van der Waals surface area (Å²) >= 11 is 0. The van der Waals surface area contributed by atoms with Gasteiger partial charge in [-0.3, -0.25) is 0 Å². The molecule has 0 bridgehead atoms. The molecule has 16 heavy (non-hydrogen) atoms. The third-order valence-corrected chi connectivity index (χ3v) is 3.08. The summed E-state index contributed by atoms with van der Waals surface area (Å²) in [6, 6.07) is 6.57. The van der Waals surface area contributed by atoms with E-state index in [0.29, 0.717) is 5.92 Å². The quantitative estimate of drug-likeness (QED) is 0.800. The first-order valence-corrected chi connectivity index (χ1v) is 5.96. The molecular weight excluding hydrogens is 198 g/mol. The molecule has 2 heteroatoms. The Bertz CT molecular complexity index is 334. The van der Waals surface area contributed by atoms with Crippen molar-refractivity contribution in [1.82, 2.24) is 5.32 Å². The van der Waals surface area contributed by atoms with Gasteiger partial charge in [0, 0.05) is 12.5 Å². The summed E-state index contributed by atoms with van der Waals surface area (Å²) in [5.41, 5.74) is 3.87. The molecule has 0 saturated carbocycles. The van der Waals surface area contributed by atoms with E-state index in [9.17, 15) is 5.11 Å². The van der Waals surface area contributed by atoms with Crippen molar-refractivity contribution in [1.29, 1.82) is 0 Å². The second-order valence-corrected chi connectivity index (χ2v) is 4.71. The van der Waals surface area contributed by atoms with Crippen molar-refractivity contribution in [3.05, 3.63) is 34.9 Å². The van der Waals surface area contributed by atoms with Crippen LogP contribution in [0.3, 0.4) is 0 Å². The lowest BCUT2D eigenvalue weighted by Crippen LogP contribution is -2.21. The minimum Gasteiger partial charge on any atom is -0.396 e. The van der Waals surface area contributed by atoms with Crippen LogP contribution in [-0.2, 0) is 0 Å². The van der Waals surface area contributed by atoms with E-state index in [1.165, 1.54) is 16.7 Å². The van der Waals surface area contributed by atoms with Crippen LogP contribution in [0.4, 0.5) is 0 Å². The van der Waals surface area contributed by atoms with Crippen LogP contribution < -0.4 is 5.32 Å². The highest BCUT2D eigenvalue weighted by atomic mass is 16.3. The molecule has 0 radical (unpaired) electrons. The number of likely N-dealkylation sites (N-methyl/N-ethyl adjacent to an activating group) is 1. The fourth-order valence-electron chi connectivity index (χ4n) is 1.98. The normalized spacial score (nSPS) is 13.1. The number of benzene rings is 1. The van der Waals surface area contributed by atoms with E-state index in [4.69, 9.17) is 0 Å². The SMILES string of the molecule is CNCC(CO)c1cc(C(C)C)ccc1C. The third kappa shape index (κ3) is 3.06. The van der Waals surface area contributed by atoms with Gasteiger partial charge in [-0.15, -0.1) is 0 Å². The number of hydrogen-bond acceptors (Lipinski definition) is 2. The van der Waals surface area contributed by atoms with Crippen LogP contribution in [0.2, 0.25) is 0 Å². The van der Waals surface area contributed by atoms with Gasteiger partial charge in [0.05, 0.1) is 6.61 Å². The Hall–Kier alpha value is -0.860. The Labute approximate surface area is 98.7 Å². The number of aliphatic hydroxyl groups is 1. The molecule has 90 valence electrons. The molecule has 1 rings (SSSR count). The van der Waals surface area contributed by atoms with Gasteiger partial charge in [0.15, 0.2) is 0 Å². The average Bonchev–Trinajstić information content (AvgIpc) is 2.26. The van der Waals surface area contributed by atoms with Crippen molar-refractivity contribution < 1.29 is 5.11 Å². The molecule has 2 nitrogen and oxygen atoms in total. The molecule has 1 aromatic rings. The van der Waals surface area contributed by atoms with Crippen molar-refractivity contribution in [2.45, 2.75) is 32.6 Å². The molecule has 0 fully saturated rings. The highest BCUT2D eigenvalue weighted by Crippen LogP contribution is 2.24. The fraction of sp³-hybridized carbons (Fsp3) is 0.571. The van der Waals surface area contributed by atoms with Crippen LogP contribution in [0.1, 0.15) is 42.4 Å². The molecule has 2 N–H and O–H groups in total. The predicted octanol–water partition coefficient (Wildman–Crippen LogP) is 2.41. The molecule has 1 unspecified atom stereocenters. The minimum atomic E-state index is 0.198. The van der Waals surface area contributed by atoms with Gasteiger partial charge in [0.2, 0.25) is 0 Å². The van der Waals surface area contributed by atoms with E-state index >= 15 is 0 Å². The third-order valence-electron chi connectivity index (χ3n) is 3.08. The summed E-state index contributed by atoms with van der Waals surface area (Å²) in [6.45, 7) is 7.51. The van der Waals surface area contributed by atoms with Crippen molar-refractivity contribution >= 4 is 0 Å². The average molecular weight is 221 g/mol. The lowest BCUT2D eigenvalue weighted by Gasteiger charge is -2.19. The summed E-state index contributed by atoms with van der Waals surface area (Å²) in [5, 5.41) is 12.6. The van der Waals surface area contributed by atoms with E-state index in [0.717, 1.165) is 6.54 Å². The Morgan fingerprint density at radius 1 is 1.31 bits per heavy atom. The molecule has 1 atom stereocenters. The molecule has 0 aliphatic carbocycles. The van der Waals surface area contributed by atoms with Gasteiger partial charge in [-0.1, -0.05) is 32.0 Å². The summed E-state index contributed by atoms with van der Waals surface area (Å²) in [7, 11) is 1.92. The molecule has 0 spiro atoms. The number of hydrogen-bond donors (Lipinski definition) is 2. The number of aryl methyl sites for hydroxylation is 1. The molecule has 0 aliphatic heterocycles. The maximum atomic E-state index is 9.42. The van der Waals surface area contributed by atoms with E-state index in [-0.39, 0.29) is 12.5 Å². The molecular formula is C14H23NO. The molecule has 0 saturated heterocycles. The summed E-state index contributed by atoms with van der Waals surface area (Å²) in [6.07, 6.45) is 0. The Morgan fingerprint density at radius 2 is 2.00 bits per heavy atom. The maximum Gasteiger partial charge on any atom is 0.0512 e. The van der Waals surface area contributed by atoms with Crippen LogP contribution in [0.15, 0.2) is 18.2 Å². The number of nitrogens with one attached hydrogen (secondary N) is 1. The van der Waals surface area contributed by atoms with E-state index < -0.39 is 0 Å². The number of rotatable bonds is 5. The molecule has 0 heterocycles.